The molecule has 0 saturated carbocycles. The van der Waals surface area contributed by atoms with Gasteiger partial charge in [0.1, 0.15) is 5.76 Å². The maximum atomic E-state index is 12.5. The molecule has 3 aromatic rings. The zero-order valence-electron chi connectivity index (χ0n) is 16.2. The Labute approximate surface area is 184 Å². The minimum atomic E-state index is -0.677. The van der Waals surface area contributed by atoms with Crippen molar-refractivity contribution in [1.29, 1.82) is 0 Å². The van der Waals surface area contributed by atoms with Crippen LogP contribution in [0.4, 0.5) is 10.5 Å². The van der Waals surface area contributed by atoms with Gasteiger partial charge in [-0.1, -0.05) is 41.4 Å². The summed E-state index contributed by atoms with van der Waals surface area (Å²) in [6.07, 6.45) is 3.80. The molecular weight excluding hydrogens is 427 g/mol. The summed E-state index contributed by atoms with van der Waals surface area (Å²) >= 11 is 12.5. The lowest BCUT2D eigenvalue weighted by Gasteiger charge is -2.14. The third-order valence-corrected chi connectivity index (χ3v) is 4.66. The van der Waals surface area contributed by atoms with Crippen molar-refractivity contribution in [3.05, 3.63) is 82.1 Å². The molecule has 1 amide bonds. The number of amides is 1. The van der Waals surface area contributed by atoms with E-state index < -0.39 is 6.09 Å². The number of hydrogen-bond acceptors (Lipinski definition) is 5. The van der Waals surface area contributed by atoms with E-state index in [0.29, 0.717) is 38.4 Å². The molecule has 154 valence electrons. The van der Waals surface area contributed by atoms with Gasteiger partial charge in [-0.15, -0.1) is 0 Å². The molecule has 1 heterocycles. The third-order valence-electron chi connectivity index (χ3n) is 4.06. The largest absolute Gasteiger partial charge is 0.493 e. The quantitative estimate of drug-likeness (QED) is 0.461. The molecular formula is C22H18Cl2N2O4. The highest BCUT2D eigenvalue weighted by Crippen LogP contribution is 2.33. The van der Waals surface area contributed by atoms with Gasteiger partial charge in [-0.2, -0.15) is 0 Å². The monoisotopic (exact) mass is 444 g/mol. The van der Waals surface area contributed by atoms with Gasteiger partial charge in [-0.25, -0.2) is 4.79 Å². The summed E-state index contributed by atoms with van der Waals surface area (Å²) in [7, 11) is 3.05. The fourth-order valence-corrected chi connectivity index (χ4v) is 3.09. The number of methoxy groups -OCH3 is 2. The Morgan fingerprint density at radius 2 is 1.63 bits per heavy atom. The second-order valence-electron chi connectivity index (χ2n) is 5.98. The Kier molecular flexibility index (Phi) is 7.17. The van der Waals surface area contributed by atoms with Crippen molar-refractivity contribution in [3.8, 4) is 11.5 Å². The van der Waals surface area contributed by atoms with Gasteiger partial charge in [-0.3, -0.25) is 10.3 Å². The maximum Gasteiger partial charge on any atom is 0.417 e. The van der Waals surface area contributed by atoms with Gasteiger partial charge in [0.25, 0.3) is 0 Å². The highest BCUT2D eigenvalue weighted by Gasteiger charge is 2.15. The van der Waals surface area contributed by atoms with Crippen LogP contribution in [0.25, 0.3) is 11.8 Å². The summed E-state index contributed by atoms with van der Waals surface area (Å²) in [5.41, 5.74) is 1.61. The predicted octanol–water partition coefficient (Wildman–Crippen LogP) is 6.15. The number of carbonyl (C=O) groups excluding carboxylic acids is 1. The summed E-state index contributed by atoms with van der Waals surface area (Å²) in [6, 6.07) is 14.1. The number of rotatable bonds is 6. The van der Waals surface area contributed by atoms with Crippen LogP contribution >= 0.6 is 23.2 Å². The van der Waals surface area contributed by atoms with Crippen LogP contribution in [-0.4, -0.2) is 25.3 Å². The Morgan fingerprint density at radius 3 is 2.27 bits per heavy atom. The van der Waals surface area contributed by atoms with E-state index in [0.717, 1.165) is 0 Å². The van der Waals surface area contributed by atoms with Gasteiger partial charge in [0, 0.05) is 29.2 Å². The number of carbonyl (C=O) groups is 1. The number of pyridine rings is 1. The van der Waals surface area contributed by atoms with Gasteiger partial charge in [0.05, 0.1) is 24.3 Å². The van der Waals surface area contributed by atoms with E-state index in [1.807, 2.05) is 6.07 Å². The first-order valence-electron chi connectivity index (χ1n) is 8.78. The number of nitrogens with one attached hydrogen (secondary N) is 1. The number of anilines is 1. The normalized spacial score (nSPS) is 11.0. The molecule has 2 aromatic carbocycles. The molecule has 1 aromatic heterocycles. The number of para-hydroxylation sites is 1. The first-order chi connectivity index (χ1) is 14.5. The first-order valence-corrected chi connectivity index (χ1v) is 9.54. The van der Waals surface area contributed by atoms with Gasteiger partial charge in [0.15, 0.2) is 11.5 Å². The lowest BCUT2D eigenvalue weighted by molar-refractivity contribution is 0.207. The molecule has 0 atom stereocenters. The van der Waals surface area contributed by atoms with Crippen LogP contribution in [0.2, 0.25) is 10.0 Å². The number of ether oxygens (including phenoxy) is 3. The predicted molar refractivity (Wildman–Crippen MR) is 118 cm³/mol. The van der Waals surface area contributed by atoms with Crippen LogP contribution in [-0.2, 0) is 4.74 Å². The summed E-state index contributed by atoms with van der Waals surface area (Å²) in [4.78, 5) is 16.5. The summed E-state index contributed by atoms with van der Waals surface area (Å²) < 4.78 is 16.2. The number of aromatic nitrogens is 1. The summed E-state index contributed by atoms with van der Waals surface area (Å²) in [5.74, 6) is 1.22. The molecule has 0 aliphatic carbocycles. The smallest absolute Gasteiger partial charge is 0.417 e. The molecule has 30 heavy (non-hydrogen) atoms. The molecule has 3 rings (SSSR count). The molecule has 0 spiro atoms. The van der Waals surface area contributed by atoms with Crippen molar-refractivity contribution in [3.63, 3.8) is 0 Å². The molecule has 1 N–H and O–H groups in total. The second kappa shape index (κ2) is 10.0. The fourth-order valence-electron chi connectivity index (χ4n) is 2.62. The highest BCUT2D eigenvalue weighted by atomic mass is 35.5. The van der Waals surface area contributed by atoms with E-state index in [9.17, 15) is 4.79 Å². The maximum absolute atomic E-state index is 12.5. The van der Waals surface area contributed by atoms with Gasteiger partial charge in [0.2, 0.25) is 0 Å². The average molecular weight is 445 g/mol. The molecule has 0 aliphatic heterocycles. The van der Waals surface area contributed by atoms with Crippen LogP contribution in [0.3, 0.4) is 0 Å². The fraction of sp³-hybridized carbons (Fsp3) is 0.0909. The minimum absolute atomic E-state index is 0.208. The Hall–Kier alpha value is -3.22. The number of halogens is 2. The van der Waals surface area contributed by atoms with E-state index in [1.54, 1.807) is 48.5 Å². The topological polar surface area (TPSA) is 69.7 Å². The summed E-state index contributed by atoms with van der Waals surface area (Å²) in [6.45, 7) is 0. The molecule has 0 saturated heterocycles. The lowest BCUT2D eigenvalue weighted by Crippen LogP contribution is -2.13. The van der Waals surface area contributed by atoms with Crippen LogP contribution < -0.4 is 14.8 Å². The highest BCUT2D eigenvalue weighted by molar-refractivity contribution is 6.37. The lowest BCUT2D eigenvalue weighted by atomic mass is 10.1. The van der Waals surface area contributed by atoms with Crippen molar-refractivity contribution in [2.75, 3.05) is 19.5 Å². The Morgan fingerprint density at radius 1 is 0.967 bits per heavy atom. The first kappa shape index (κ1) is 21.5. The number of hydrogen-bond donors (Lipinski definition) is 1. The molecule has 0 bridgehead atoms. The van der Waals surface area contributed by atoms with Crippen molar-refractivity contribution in [2.24, 2.45) is 0 Å². The van der Waals surface area contributed by atoms with Crippen molar-refractivity contribution < 1.29 is 19.0 Å². The molecule has 0 unspecified atom stereocenters. The van der Waals surface area contributed by atoms with Crippen molar-refractivity contribution in [2.45, 2.75) is 0 Å². The van der Waals surface area contributed by atoms with E-state index in [1.165, 1.54) is 26.6 Å². The van der Waals surface area contributed by atoms with E-state index in [-0.39, 0.29) is 5.76 Å². The standard InChI is InChI=1S/C22H18Cl2N2O4/c1-28-19-9-8-14(10-21(19)29-2)20(11-16-17(23)12-25-13-18(16)24)30-22(27)26-15-6-4-3-5-7-15/h3-13H,1-2H3,(H,26,27). The van der Waals surface area contributed by atoms with Gasteiger partial charge < -0.3 is 14.2 Å². The van der Waals surface area contributed by atoms with Crippen molar-refractivity contribution in [1.82, 2.24) is 4.98 Å². The van der Waals surface area contributed by atoms with Crippen LogP contribution in [0, 0.1) is 0 Å². The molecule has 0 fully saturated rings. The molecule has 0 aliphatic rings. The van der Waals surface area contributed by atoms with E-state index in [2.05, 4.69) is 10.3 Å². The third kappa shape index (κ3) is 5.23. The summed E-state index contributed by atoms with van der Waals surface area (Å²) in [5, 5.41) is 3.30. The van der Waals surface area contributed by atoms with Crippen LogP contribution in [0.15, 0.2) is 60.9 Å². The van der Waals surface area contributed by atoms with Gasteiger partial charge >= 0.3 is 6.09 Å². The minimum Gasteiger partial charge on any atom is -0.493 e. The van der Waals surface area contributed by atoms with E-state index in [4.69, 9.17) is 37.4 Å². The van der Waals surface area contributed by atoms with E-state index >= 15 is 0 Å². The Balaban J connectivity index is 2.01. The van der Waals surface area contributed by atoms with Crippen molar-refractivity contribution >= 4 is 46.8 Å². The van der Waals surface area contributed by atoms with Crippen LogP contribution in [0.5, 0.6) is 11.5 Å². The van der Waals surface area contributed by atoms with Crippen LogP contribution in [0.1, 0.15) is 11.1 Å². The molecule has 6 nitrogen and oxygen atoms in total. The average Bonchev–Trinajstić information content (AvgIpc) is 2.75. The second-order valence-corrected chi connectivity index (χ2v) is 6.79. The molecule has 8 heteroatoms. The zero-order valence-corrected chi connectivity index (χ0v) is 17.7. The van der Waals surface area contributed by atoms with Gasteiger partial charge in [-0.05, 0) is 36.4 Å². The SMILES string of the molecule is COc1ccc(C(=Cc2c(Cl)cncc2Cl)OC(=O)Nc2ccccc2)cc1OC. The number of benzene rings is 2. The molecule has 0 radical (unpaired) electrons. The Bertz CT molecular complexity index is 1050. The number of nitrogens with zero attached hydrogens (tertiary/aromatic N) is 1. The zero-order chi connectivity index (χ0) is 21.5.